The second-order valence-corrected chi connectivity index (χ2v) is 3.22. The number of hydrogen-bond acceptors (Lipinski definition) is 4. The van der Waals surface area contributed by atoms with E-state index < -0.39 is 0 Å². The molecular weight excluding hydrogens is 206 g/mol. The number of aromatic nitrogens is 3. The molecule has 0 aliphatic heterocycles. The van der Waals surface area contributed by atoms with Gasteiger partial charge in [-0.3, -0.25) is 4.79 Å². The van der Waals surface area contributed by atoms with Crippen LogP contribution < -0.4 is 4.74 Å². The maximum absolute atomic E-state index is 11.7. The summed E-state index contributed by atoms with van der Waals surface area (Å²) in [6.45, 7) is 0. The van der Waals surface area contributed by atoms with Gasteiger partial charge in [0, 0.05) is 5.56 Å². The van der Waals surface area contributed by atoms with Crippen molar-refractivity contribution >= 4 is 5.91 Å². The van der Waals surface area contributed by atoms with Crippen LogP contribution in [0.4, 0.5) is 0 Å². The van der Waals surface area contributed by atoms with Crippen molar-refractivity contribution in [2.45, 2.75) is 6.42 Å². The van der Waals surface area contributed by atoms with Crippen molar-refractivity contribution in [2.75, 3.05) is 7.11 Å². The predicted molar refractivity (Wildman–Crippen MR) is 57.3 cm³/mol. The van der Waals surface area contributed by atoms with Gasteiger partial charge >= 0.3 is 0 Å². The quantitative estimate of drug-likeness (QED) is 0.774. The summed E-state index contributed by atoms with van der Waals surface area (Å²) in [6, 6.07) is 7.41. The highest BCUT2D eigenvalue weighted by Gasteiger charge is 2.10. The summed E-state index contributed by atoms with van der Waals surface area (Å²) in [7, 11) is 1.58. The van der Waals surface area contributed by atoms with Gasteiger partial charge in [0.1, 0.15) is 18.4 Å². The van der Waals surface area contributed by atoms with Crippen molar-refractivity contribution in [3.63, 3.8) is 0 Å². The van der Waals surface area contributed by atoms with E-state index in [1.807, 2.05) is 24.3 Å². The zero-order valence-corrected chi connectivity index (χ0v) is 8.83. The maximum Gasteiger partial charge on any atom is 0.252 e. The molecule has 0 aliphatic rings. The van der Waals surface area contributed by atoms with Crippen LogP contribution in [0.25, 0.3) is 0 Å². The van der Waals surface area contributed by atoms with Gasteiger partial charge in [-0.25, -0.2) is 4.98 Å². The molecule has 1 aromatic carbocycles. The van der Waals surface area contributed by atoms with E-state index >= 15 is 0 Å². The van der Waals surface area contributed by atoms with Gasteiger partial charge in [0.05, 0.1) is 13.5 Å². The Balaban J connectivity index is 2.18. The second-order valence-electron chi connectivity index (χ2n) is 3.22. The Morgan fingerprint density at radius 2 is 2.25 bits per heavy atom. The molecule has 0 spiro atoms. The molecule has 2 rings (SSSR count). The van der Waals surface area contributed by atoms with Crippen molar-refractivity contribution in [2.24, 2.45) is 0 Å². The number of rotatable bonds is 3. The Morgan fingerprint density at radius 1 is 1.44 bits per heavy atom. The summed E-state index contributed by atoms with van der Waals surface area (Å²) < 4.78 is 6.38. The fourth-order valence-corrected chi connectivity index (χ4v) is 1.43. The monoisotopic (exact) mass is 217 g/mol. The van der Waals surface area contributed by atoms with Gasteiger partial charge in [0.25, 0.3) is 5.91 Å². The molecule has 0 fully saturated rings. The number of methoxy groups -OCH3 is 1. The number of hydrogen-bond donors (Lipinski definition) is 0. The predicted octanol–water partition coefficient (Wildman–Crippen LogP) is 1.17. The van der Waals surface area contributed by atoms with Crippen LogP contribution in [0.1, 0.15) is 10.4 Å². The van der Waals surface area contributed by atoms with Crippen molar-refractivity contribution in [1.82, 2.24) is 14.8 Å². The minimum absolute atomic E-state index is 0.137. The molecule has 82 valence electrons. The van der Waals surface area contributed by atoms with E-state index in [1.165, 1.54) is 17.3 Å². The molecule has 0 radical (unpaired) electrons. The topological polar surface area (TPSA) is 57.0 Å². The minimum atomic E-state index is -0.137. The molecule has 1 aromatic heterocycles. The largest absolute Gasteiger partial charge is 0.496 e. The minimum Gasteiger partial charge on any atom is -0.496 e. The molecule has 0 N–H and O–H groups in total. The van der Waals surface area contributed by atoms with Gasteiger partial charge in [0.15, 0.2) is 0 Å². The van der Waals surface area contributed by atoms with Crippen LogP contribution in [-0.2, 0) is 6.42 Å². The fourth-order valence-electron chi connectivity index (χ4n) is 1.43. The normalized spacial score (nSPS) is 10.1. The molecular formula is C11H11N3O2. The molecule has 5 heteroatoms. The zero-order chi connectivity index (χ0) is 11.4. The van der Waals surface area contributed by atoms with Crippen LogP contribution in [0.2, 0.25) is 0 Å². The molecule has 0 aliphatic carbocycles. The third kappa shape index (κ3) is 2.08. The first-order valence-electron chi connectivity index (χ1n) is 4.81. The Labute approximate surface area is 92.7 Å². The maximum atomic E-state index is 11.7. The Hall–Kier alpha value is -2.17. The summed E-state index contributed by atoms with van der Waals surface area (Å²) in [5.74, 6) is 0.568. The van der Waals surface area contributed by atoms with E-state index in [4.69, 9.17) is 4.74 Å². The van der Waals surface area contributed by atoms with E-state index in [2.05, 4.69) is 10.1 Å². The Morgan fingerprint density at radius 3 is 2.94 bits per heavy atom. The lowest BCUT2D eigenvalue weighted by molar-refractivity contribution is 0.0897. The van der Waals surface area contributed by atoms with E-state index in [-0.39, 0.29) is 12.3 Å². The molecule has 16 heavy (non-hydrogen) atoms. The first-order valence-corrected chi connectivity index (χ1v) is 4.81. The third-order valence-corrected chi connectivity index (χ3v) is 2.21. The van der Waals surface area contributed by atoms with Gasteiger partial charge in [-0.15, -0.1) is 0 Å². The number of carbonyl (C=O) groups is 1. The van der Waals surface area contributed by atoms with Crippen molar-refractivity contribution < 1.29 is 9.53 Å². The van der Waals surface area contributed by atoms with Crippen LogP contribution in [-0.4, -0.2) is 27.8 Å². The van der Waals surface area contributed by atoms with E-state index in [0.29, 0.717) is 5.75 Å². The molecule has 0 saturated carbocycles. The lowest BCUT2D eigenvalue weighted by Gasteiger charge is -2.06. The molecule has 0 unspecified atom stereocenters. The van der Waals surface area contributed by atoms with Gasteiger partial charge in [-0.1, -0.05) is 18.2 Å². The van der Waals surface area contributed by atoms with Crippen LogP contribution >= 0.6 is 0 Å². The highest BCUT2D eigenvalue weighted by Crippen LogP contribution is 2.17. The molecule has 0 bridgehead atoms. The van der Waals surface area contributed by atoms with Crippen LogP contribution in [0, 0.1) is 0 Å². The van der Waals surface area contributed by atoms with Gasteiger partial charge < -0.3 is 4.74 Å². The summed E-state index contributed by atoms with van der Waals surface area (Å²) in [6.07, 6.45) is 2.96. The lowest BCUT2D eigenvalue weighted by Crippen LogP contribution is -2.14. The number of para-hydroxylation sites is 1. The summed E-state index contributed by atoms with van der Waals surface area (Å²) in [4.78, 5) is 15.5. The Kier molecular flexibility index (Phi) is 2.95. The fraction of sp³-hybridized carbons (Fsp3) is 0.182. The number of nitrogens with zero attached hydrogens (tertiary/aromatic N) is 3. The van der Waals surface area contributed by atoms with Crippen molar-refractivity contribution in [3.05, 3.63) is 42.5 Å². The van der Waals surface area contributed by atoms with Gasteiger partial charge in [0.2, 0.25) is 0 Å². The summed E-state index contributed by atoms with van der Waals surface area (Å²) in [5.41, 5.74) is 0.838. The SMILES string of the molecule is COc1ccccc1CC(=O)n1cncn1. The van der Waals surface area contributed by atoms with Crippen LogP contribution in [0.3, 0.4) is 0 Å². The molecule has 0 saturated heterocycles. The number of carbonyl (C=O) groups excluding carboxylic acids is 1. The lowest BCUT2D eigenvalue weighted by atomic mass is 10.1. The highest BCUT2D eigenvalue weighted by atomic mass is 16.5. The zero-order valence-electron chi connectivity index (χ0n) is 8.83. The van der Waals surface area contributed by atoms with Crippen LogP contribution in [0.5, 0.6) is 5.75 Å². The second kappa shape index (κ2) is 4.57. The smallest absolute Gasteiger partial charge is 0.252 e. The van der Waals surface area contributed by atoms with Gasteiger partial charge in [-0.2, -0.15) is 9.78 Å². The first kappa shape index (κ1) is 10.4. The van der Waals surface area contributed by atoms with Crippen molar-refractivity contribution in [1.29, 1.82) is 0 Å². The van der Waals surface area contributed by atoms with Gasteiger partial charge in [-0.05, 0) is 6.07 Å². The number of ether oxygens (including phenoxy) is 1. The average Bonchev–Trinajstić information content (AvgIpc) is 2.83. The van der Waals surface area contributed by atoms with E-state index in [0.717, 1.165) is 5.56 Å². The molecule has 0 atom stereocenters. The molecule has 1 heterocycles. The summed E-state index contributed by atoms with van der Waals surface area (Å²) in [5, 5.41) is 3.78. The molecule has 2 aromatic rings. The highest BCUT2D eigenvalue weighted by molar-refractivity contribution is 5.80. The van der Waals surface area contributed by atoms with E-state index in [1.54, 1.807) is 7.11 Å². The number of benzene rings is 1. The standard InChI is InChI=1S/C11H11N3O2/c1-16-10-5-3-2-4-9(10)6-11(15)14-8-12-7-13-14/h2-5,7-8H,6H2,1H3. The molecule has 0 amide bonds. The summed E-state index contributed by atoms with van der Waals surface area (Å²) >= 11 is 0. The Bertz CT molecular complexity index is 480. The average molecular weight is 217 g/mol. The third-order valence-electron chi connectivity index (χ3n) is 2.21. The first-order chi connectivity index (χ1) is 7.81. The van der Waals surface area contributed by atoms with E-state index in [9.17, 15) is 4.79 Å². The van der Waals surface area contributed by atoms with Crippen molar-refractivity contribution in [3.8, 4) is 5.75 Å². The molecule has 5 nitrogen and oxygen atoms in total. The van der Waals surface area contributed by atoms with Crippen LogP contribution in [0.15, 0.2) is 36.9 Å².